The van der Waals surface area contributed by atoms with Crippen molar-refractivity contribution in [3.05, 3.63) is 47.5 Å². The monoisotopic (exact) mass is 268 g/mol. The lowest BCUT2D eigenvalue weighted by molar-refractivity contribution is -0.125. The van der Waals surface area contributed by atoms with Crippen LogP contribution in [0.5, 0.6) is 0 Å². The maximum atomic E-state index is 12.6. The normalized spacial score (nSPS) is 31.9. The Hall–Kier alpha value is -1.70. The van der Waals surface area contributed by atoms with Crippen LogP contribution < -0.4 is 0 Å². The van der Waals surface area contributed by atoms with Gasteiger partial charge in [0.1, 0.15) is 5.78 Å². The van der Waals surface area contributed by atoms with Crippen molar-refractivity contribution in [2.75, 3.05) is 0 Å². The van der Waals surface area contributed by atoms with Crippen molar-refractivity contribution in [3.63, 3.8) is 0 Å². The Kier molecular flexibility index (Phi) is 2.75. The van der Waals surface area contributed by atoms with Crippen LogP contribution in [-0.4, -0.2) is 11.6 Å². The average Bonchev–Trinajstić information content (AvgIpc) is 2.61. The van der Waals surface area contributed by atoms with E-state index in [0.717, 1.165) is 11.1 Å². The third kappa shape index (κ3) is 1.78. The fourth-order valence-corrected chi connectivity index (χ4v) is 4.26. The van der Waals surface area contributed by atoms with Crippen LogP contribution in [0.4, 0.5) is 0 Å². The van der Waals surface area contributed by atoms with E-state index in [1.165, 1.54) is 0 Å². The van der Waals surface area contributed by atoms with Gasteiger partial charge in [-0.05, 0) is 17.1 Å². The summed E-state index contributed by atoms with van der Waals surface area (Å²) < 4.78 is 0. The number of Topliss-reactive ketones (excluding diaryl/α,β-unsaturated/α-hetero) is 1. The van der Waals surface area contributed by atoms with Gasteiger partial charge < -0.3 is 0 Å². The van der Waals surface area contributed by atoms with Crippen molar-refractivity contribution in [2.24, 2.45) is 10.8 Å². The van der Waals surface area contributed by atoms with E-state index in [-0.39, 0.29) is 28.3 Å². The molecule has 2 atom stereocenters. The van der Waals surface area contributed by atoms with Gasteiger partial charge in [0.15, 0.2) is 5.78 Å². The van der Waals surface area contributed by atoms with Crippen LogP contribution in [0.1, 0.15) is 45.1 Å². The Labute approximate surface area is 119 Å². The number of ketones is 2. The van der Waals surface area contributed by atoms with Crippen molar-refractivity contribution in [2.45, 2.75) is 39.5 Å². The number of carbonyl (C=O) groups is 2. The molecule has 3 rings (SSSR count). The number of hydrogen-bond donors (Lipinski definition) is 0. The highest BCUT2D eigenvalue weighted by Gasteiger charge is 2.55. The lowest BCUT2D eigenvalue weighted by atomic mass is 9.57. The van der Waals surface area contributed by atoms with Gasteiger partial charge in [-0.25, -0.2) is 0 Å². The second-order valence-corrected chi connectivity index (χ2v) is 7.00. The van der Waals surface area contributed by atoms with Crippen molar-refractivity contribution < 1.29 is 9.59 Å². The first-order valence-electron chi connectivity index (χ1n) is 7.18. The molecule has 1 aromatic carbocycles. The van der Waals surface area contributed by atoms with Crippen molar-refractivity contribution in [1.29, 1.82) is 0 Å². The average molecular weight is 268 g/mol. The van der Waals surface area contributed by atoms with Crippen molar-refractivity contribution in [3.8, 4) is 0 Å². The standard InChI is InChI=1S/C18H20O2/c1-17(2)10-13(19)11-18(3)15(17)9-14(20)16(18)12-7-5-4-6-8-12/h4-9,16H,10-11H2,1-3H3/t16-,18-/m0/s1. The maximum absolute atomic E-state index is 12.6. The van der Waals surface area contributed by atoms with Gasteiger partial charge in [-0.2, -0.15) is 0 Å². The van der Waals surface area contributed by atoms with Crippen molar-refractivity contribution in [1.82, 2.24) is 0 Å². The Balaban J connectivity index is 2.12. The molecule has 0 heterocycles. The summed E-state index contributed by atoms with van der Waals surface area (Å²) in [4.78, 5) is 24.7. The molecular formula is C18H20O2. The van der Waals surface area contributed by atoms with Gasteiger partial charge in [0.05, 0.1) is 5.92 Å². The van der Waals surface area contributed by atoms with E-state index in [4.69, 9.17) is 0 Å². The first kappa shape index (κ1) is 13.3. The summed E-state index contributed by atoms with van der Waals surface area (Å²) in [6.45, 7) is 6.24. The topological polar surface area (TPSA) is 34.1 Å². The highest BCUT2D eigenvalue weighted by Crippen LogP contribution is 2.59. The number of fused-ring (bicyclic) bond motifs is 1. The van der Waals surface area contributed by atoms with E-state index in [2.05, 4.69) is 20.8 Å². The summed E-state index contributed by atoms with van der Waals surface area (Å²) in [5, 5.41) is 0. The van der Waals surface area contributed by atoms with Crippen LogP contribution in [0.15, 0.2) is 42.0 Å². The summed E-state index contributed by atoms with van der Waals surface area (Å²) in [7, 11) is 0. The van der Waals surface area contributed by atoms with Gasteiger partial charge in [0.2, 0.25) is 0 Å². The molecule has 0 N–H and O–H groups in total. The Morgan fingerprint density at radius 3 is 2.30 bits per heavy atom. The predicted molar refractivity (Wildman–Crippen MR) is 78.4 cm³/mol. The van der Waals surface area contributed by atoms with E-state index < -0.39 is 0 Å². The summed E-state index contributed by atoms with van der Waals surface area (Å²) in [6.07, 6.45) is 2.83. The third-order valence-corrected chi connectivity index (χ3v) is 4.89. The number of rotatable bonds is 1. The molecule has 0 aliphatic heterocycles. The number of benzene rings is 1. The van der Waals surface area contributed by atoms with Crippen LogP contribution >= 0.6 is 0 Å². The molecule has 1 saturated carbocycles. The SMILES string of the molecule is CC1(C)CC(=O)C[C@@]2(C)C1=CC(=O)[C@@H]2c1ccccc1. The Morgan fingerprint density at radius 2 is 1.65 bits per heavy atom. The van der Waals surface area contributed by atoms with Crippen LogP contribution in [-0.2, 0) is 9.59 Å². The van der Waals surface area contributed by atoms with Crippen LogP contribution in [0.25, 0.3) is 0 Å². The second kappa shape index (κ2) is 4.15. The smallest absolute Gasteiger partial charge is 0.164 e. The minimum absolute atomic E-state index is 0.150. The van der Waals surface area contributed by atoms with Crippen molar-refractivity contribution >= 4 is 11.6 Å². The lowest BCUT2D eigenvalue weighted by Crippen LogP contribution is -2.40. The molecular weight excluding hydrogens is 248 g/mol. The van der Waals surface area contributed by atoms with Gasteiger partial charge in [-0.3, -0.25) is 9.59 Å². The minimum Gasteiger partial charge on any atom is -0.300 e. The molecule has 104 valence electrons. The largest absolute Gasteiger partial charge is 0.300 e. The maximum Gasteiger partial charge on any atom is 0.164 e. The number of carbonyl (C=O) groups excluding carboxylic acids is 2. The molecule has 2 nitrogen and oxygen atoms in total. The first-order chi connectivity index (χ1) is 9.34. The molecule has 0 saturated heterocycles. The Morgan fingerprint density at radius 1 is 1.00 bits per heavy atom. The van der Waals surface area contributed by atoms with Gasteiger partial charge >= 0.3 is 0 Å². The van der Waals surface area contributed by atoms with Gasteiger partial charge in [0, 0.05) is 18.3 Å². The first-order valence-corrected chi connectivity index (χ1v) is 7.18. The molecule has 1 aromatic rings. The van der Waals surface area contributed by atoms with Crippen LogP contribution in [0, 0.1) is 10.8 Å². The molecule has 0 amide bonds. The van der Waals surface area contributed by atoms with Crippen LogP contribution in [0.2, 0.25) is 0 Å². The minimum atomic E-state index is -0.350. The molecule has 2 aliphatic rings. The Bertz CT molecular complexity index is 610. The van der Waals surface area contributed by atoms with E-state index >= 15 is 0 Å². The van der Waals surface area contributed by atoms with Gasteiger partial charge in [0.25, 0.3) is 0 Å². The summed E-state index contributed by atoms with van der Waals surface area (Å²) in [6, 6.07) is 9.86. The fraction of sp³-hybridized carbons (Fsp3) is 0.444. The summed E-state index contributed by atoms with van der Waals surface area (Å²) >= 11 is 0. The zero-order valence-electron chi connectivity index (χ0n) is 12.3. The van der Waals surface area contributed by atoms with Gasteiger partial charge in [-0.15, -0.1) is 0 Å². The molecule has 0 radical (unpaired) electrons. The van der Waals surface area contributed by atoms with E-state index in [1.807, 2.05) is 36.4 Å². The summed E-state index contributed by atoms with van der Waals surface area (Å²) in [5.74, 6) is 0.212. The number of allylic oxidation sites excluding steroid dienone is 2. The zero-order chi connectivity index (χ0) is 14.5. The lowest BCUT2D eigenvalue weighted by Gasteiger charge is -2.45. The van der Waals surface area contributed by atoms with Gasteiger partial charge in [-0.1, -0.05) is 56.7 Å². The molecule has 0 aromatic heterocycles. The molecule has 1 fully saturated rings. The van der Waals surface area contributed by atoms with E-state index in [9.17, 15) is 9.59 Å². The molecule has 20 heavy (non-hydrogen) atoms. The second-order valence-electron chi connectivity index (χ2n) is 7.00. The van der Waals surface area contributed by atoms with E-state index in [0.29, 0.717) is 12.8 Å². The highest BCUT2D eigenvalue weighted by atomic mass is 16.1. The molecule has 0 bridgehead atoms. The quantitative estimate of drug-likeness (QED) is 0.778. The number of hydrogen-bond acceptors (Lipinski definition) is 2. The fourth-order valence-electron chi connectivity index (χ4n) is 4.26. The molecule has 2 heteroatoms. The zero-order valence-corrected chi connectivity index (χ0v) is 12.3. The molecule has 0 unspecified atom stereocenters. The van der Waals surface area contributed by atoms with E-state index in [1.54, 1.807) is 0 Å². The molecule has 2 aliphatic carbocycles. The summed E-state index contributed by atoms with van der Waals surface area (Å²) in [5.41, 5.74) is 1.63. The van der Waals surface area contributed by atoms with Crippen LogP contribution in [0.3, 0.4) is 0 Å². The highest BCUT2D eigenvalue weighted by molar-refractivity contribution is 6.02. The third-order valence-electron chi connectivity index (χ3n) is 4.89. The predicted octanol–water partition coefficient (Wildman–Crippen LogP) is 3.67. The molecule has 0 spiro atoms.